The highest BCUT2D eigenvalue weighted by Gasteiger charge is 2.13. The van der Waals surface area contributed by atoms with Gasteiger partial charge in [-0.3, -0.25) is 0 Å². The molecule has 0 aliphatic carbocycles. The molecule has 1 aromatic carbocycles. The van der Waals surface area contributed by atoms with Gasteiger partial charge >= 0.3 is 5.97 Å². The lowest BCUT2D eigenvalue weighted by Gasteiger charge is -1.97. The Hall–Kier alpha value is -2.43. The largest absolute Gasteiger partial charge is 0.461 e. The quantitative estimate of drug-likeness (QED) is 0.644. The molecule has 5 nitrogen and oxygen atoms in total. The summed E-state index contributed by atoms with van der Waals surface area (Å²) in [5.74, 6) is -0.412. The first kappa shape index (κ1) is 10.7. The van der Waals surface area contributed by atoms with Gasteiger partial charge in [0.1, 0.15) is 6.33 Å². The number of nitrogens with zero attached hydrogens (tertiary/aromatic N) is 3. The van der Waals surface area contributed by atoms with Crippen LogP contribution in [0.3, 0.4) is 0 Å². The summed E-state index contributed by atoms with van der Waals surface area (Å²) in [7, 11) is 0. The van der Waals surface area contributed by atoms with E-state index in [0.717, 1.165) is 16.4 Å². The summed E-state index contributed by atoms with van der Waals surface area (Å²) in [6, 6.07) is 9.46. The third-order valence-electron chi connectivity index (χ3n) is 2.71. The fourth-order valence-electron chi connectivity index (χ4n) is 1.91. The molecule has 3 aromatic rings. The predicted molar refractivity (Wildman–Crippen MR) is 66.4 cm³/mol. The number of esters is 1. The molecule has 0 saturated heterocycles. The van der Waals surface area contributed by atoms with Crippen molar-refractivity contribution in [2.75, 3.05) is 6.61 Å². The van der Waals surface area contributed by atoms with E-state index in [0.29, 0.717) is 12.3 Å². The van der Waals surface area contributed by atoms with Crippen molar-refractivity contribution in [2.45, 2.75) is 6.92 Å². The Morgan fingerprint density at radius 2 is 2.22 bits per heavy atom. The van der Waals surface area contributed by atoms with Gasteiger partial charge in [-0.1, -0.05) is 18.2 Å². The Bertz CT molecular complexity index is 733. The van der Waals surface area contributed by atoms with Crippen molar-refractivity contribution in [3.63, 3.8) is 0 Å². The van der Waals surface area contributed by atoms with Crippen molar-refractivity contribution in [3.8, 4) is 0 Å². The summed E-state index contributed by atoms with van der Waals surface area (Å²) in [6.45, 7) is 2.11. The first-order valence-electron chi connectivity index (χ1n) is 5.70. The Morgan fingerprint density at radius 1 is 1.39 bits per heavy atom. The fourth-order valence-corrected chi connectivity index (χ4v) is 1.91. The highest BCUT2D eigenvalue weighted by molar-refractivity contribution is 5.97. The second kappa shape index (κ2) is 4.10. The number of aromatic nitrogens is 3. The summed E-state index contributed by atoms with van der Waals surface area (Å²) < 4.78 is 6.53. The third-order valence-corrected chi connectivity index (χ3v) is 2.71. The van der Waals surface area contributed by atoms with Crippen LogP contribution in [0.25, 0.3) is 16.4 Å². The number of rotatable bonds is 2. The molecule has 0 amide bonds. The van der Waals surface area contributed by atoms with E-state index in [1.54, 1.807) is 23.8 Å². The minimum Gasteiger partial charge on any atom is -0.461 e. The smallest absolute Gasteiger partial charge is 0.358 e. The van der Waals surface area contributed by atoms with Crippen LogP contribution in [0.15, 0.2) is 36.7 Å². The molecule has 90 valence electrons. The van der Waals surface area contributed by atoms with E-state index in [-0.39, 0.29) is 0 Å². The van der Waals surface area contributed by atoms with Crippen LogP contribution >= 0.6 is 0 Å². The van der Waals surface area contributed by atoms with Crippen LogP contribution in [0, 0.1) is 0 Å². The molecule has 0 radical (unpaired) electrons. The van der Waals surface area contributed by atoms with E-state index in [9.17, 15) is 4.79 Å². The van der Waals surface area contributed by atoms with Crippen LogP contribution in [-0.4, -0.2) is 27.2 Å². The normalized spacial score (nSPS) is 10.9. The maximum Gasteiger partial charge on any atom is 0.358 e. The Morgan fingerprint density at radius 3 is 3.06 bits per heavy atom. The maximum absolute atomic E-state index is 11.6. The Balaban J connectivity index is 2.22. The van der Waals surface area contributed by atoms with E-state index in [4.69, 9.17) is 4.74 Å². The highest BCUT2D eigenvalue weighted by atomic mass is 16.5. The standard InChI is InChI=1S/C13H11N3O2/c1-2-18-13(17)11-7-12-9-5-3-4-6-10(9)14-8-16(12)15-11/h3-8H,2H2,1H3. The average molecular weight is 241 g/mol. The molecule has 0 unspecified atom stereocenters. The van der Waals surface area contributed by atoms with E-state index >= 15 is 0 Å². The maximum atomic E-state index is 11.6. The third kappa shape index (κ3) is 1.60. The Labute approximate surface area is 103 Å². The summed E-state index contributed by atoms with van der Waals surface area (Å²) in [4.78, 5) is 15.9. The minimum absolute atomic E-state index is 0.301. The molecular weight excluding hydrogens is 230 g/mol. The van der Waals surface area contributed by atoms with E-state index < -0.39 is 5.97 Å². The summed E-state index contributed by atoms with van der Waals surface area (Å²) in [5.41, 5.74) is 2.03. The van der Waals surface area contributed by atoms with Crippen molar-refractivity contribution in [1.82, 2.24) is 14.6 Å². The number of benzene rings is 1. The molecule has 5 heteroatoms. The van der Waals surface area contributed by atoms with Gasteiger partial charge in [-0.25, -0.2) is 14.3 Å². The lowest BCUT2D eigenvalue weighted by Crippen LogP contribution is -2.05. The van der Waals surface area contributed by atoms with Gasteiger partial charge in [0.05, 0.1) is 17.6 Å². The fraction of sp³-hybridized carbons (Fsp3) is 0.154. The topological polar surface area (TPSA) is 56.5 Å². The SMILES string of the molecule is CCOC(=O)c1cc2c3ccccc3ncn2n1. The van der Waals surface area contributed by atoms with Crippen molar-refractivity contribution in [3.05, 3.63) is 42.4 Å². The first-order chi connectivity index (χ1) is 8.79. The van der Waals surface area contributed by atoms with Crippen LogP contribution in [0.2, 0.25) is 0 Å². The van der Waals surface area contributed by atoms with E-state index in [1.807, 2.05) is 24.3 Å². The second-order valence-corrected chi connectivity index (χ2v) is 3.84. The molecular formula is C13H11N3O2. The van der Waals surface area contributed by atoms with Crippen LogP contribution in [0.4, 0.5) is 0 Å². The summed E-state index contributed by atoms with van der Waals surface area (Å²) >= 11 is 0. The molecule has 2 aromatic heterocycles. The Kier molecular flexibility index (Phi) is 2.44. The minimum atomic E-state index is -0.412. The van der Waals surface area contributed by atoms with Gasteiger partial charge in [-0.15, -0.1) is 0 Å². The first-order valence-corrected chi connectivity index (χ1v) is 5.70. The van der Waals surface area contributed by atoms with Gasteiger partial charge in [-0.05, 0) is 19.1 Å². The van der Waals surface area contributed by atoms with Gasteiger partial charge in [0.2, 0.25) is 0 Å². The van der Waals surface area contributed by atoms with Crippen molar-refractivity contribution >= 4 is 22.4 Å². The van der Waals surface area contributed by atoms with E-state index in [2.05, 4.69) is 10.1 Å². The van der Waals surface area contributed by atoms with Crippen LogP contribution in [-0.2, 0) is 4.74 Å². The molecule has 0 aliphatic rings. The molecule has 0 fully saturated rings. The zero-order valence-corrected chi connectivity index (χ0v) is 9.83. The number of hydrogen-bond acceptors (Lipinski definition) is 4. The molecule has 0 saturated carbocycles. The molecule has 18 heavy (non-hydrogen) atoms. The number of hydrogen-bond donors (Lipinski definition) is 0. The molecule has 0 bridgehead atoms. The van der Waals surface area contributed by atoms with Gasteiger partial charge in [0.25, 0.3) is 0 Å². The molecule has 0 N–H and O–H groups in total. The van der Waals surface area contributed by atoms with Gasteiger partial charge in [0.15, 0.2) is 5.69 Å². The van der Waals surface area contributed by atoms with Crippen LogP contribution in [0.5, 0.6) is 0 Å². The number of ether oxygens (including phenoxy) is 1. The predicted octanol–water partition coefficient (Wildman–Crippen LogP) is 2.06. The zero-order valence-electron chi connectivity index (χ0n) is 9.83. The molecule has 2 heterocycles. The van der Waals surface area contributed by atoms with Crippen LogP contribution in [0.1, 0.15) is 17.4 Å². The molecule has 0 atom stereocenters. The number of fused-ring (bicyclic) bond motifs is 3. The lowest BCUT2D eigenvalue weighted by molar-refractivity contribution is 0.0519. The summed E-state index contributed by atoms with van der Waals surface area (Å²) in [5, 5.41) is 5.12. The second-order valence-electron chi connectivity index (χ2n) is 3.84. The average Bonchev–Trinajstić information content (AvgIpc) is 2.83. The molecule has 0 spiro atoms. The van der Waals surface area contributed by atoms with Crippen molar-refractivity contribution in [2.24, 2.45) is 0 Å². The lowest BCUT2D eigenvalue weighted by atomic mass is 10.2. The summed E-state index contributed by atoms with van der Waals surface area (Å²) in [6.07, 6.45) is 1.60. The van der Waals surface area contributed by atoms with Gasteiger partial charge in [0, 0.05) is 5.39 Å². The number of carbonyl (C=O) groups is 1. The highest BCUT2D eigenvalue weighted by Crippen LogP contribution is 2.18. The van der Waals surface area contributed by atoms with Crippen molar-refractivity contribution in [1.29, 1.82) is 0 Å². The van der Waals surface area contributed by atoms with Gasteiger partial charge in [-0.2, -0.15) is 5.10 Å². The molecule has 3 rings (SSSR count). The zero-order chi connectivity index (χ0) is 12.5. The number of carbonyl (C=O) groups excluding carboxylic acids is 1. The molecule has 0 aliphatic heterocycles. The monoisotopic (exact) mass is 241 g/mol. The van der Waals surface area contributed by atoms with E-state index in [1.165, 1.54) is 0 Å². The van der Waals surface area contributed by atoms with Gasteiger partial charge < -0.3 is 4.74 Å². The van der Waals surface area contributed by atoms with Crippen molar-refractivity contribution < 1.29 is 9.53 Å². The number of para-hydroxylation sites is 1. The van der Waals surface area contributed by atoms with Crippen LogP contribution < -0.4 is 0 Å².